The van der Waals surface area contributed by atoms with Crippen LogP contribution in [0.15, 0.2) is 18.2 Å². The second-order valence-corrected chi connectivity index (χ2v) is 5.66. The van der Waals surface area contributed by atoms with Gasteiger partial charge in [0.05, 0.1) is 22.8 Å². The summed E-state index contributed by atoms with van der Waals surface area (Å²) in [5.41, 5.74) is 1.21. The number of halogens is 2. The van der Waals surface area contributed by atoms with Crippen LogP contribution >= 0.6 is 23.2 Å². The Balaban J connectivity index is 2.07. The molecular formula is C14H19Cl2NO. The van der Waals surface area contributed by atoms with E-state index in [2.05, 4.69) is 19.2 Å². The first-order chi connectivity index (χ1) is 8.60. The highest BCUT2D eigenvalue weighted by Crippen LogP contribution is 2.31. The Morgan fingerprint density at radius 2 is 2.00 bits per heavy atom. The molecule has 0 aliphatic carbocycles. The Hall–Kier alpha value is -0.280. The molecule has 1 fully saturated rings. The van der Waals surface area contributed by atoms with Crippen LogP contribution in [0.25, 0.3) is 0 Å². The van der Waals surface area contributed by atoms with Gasteiger partial charge >= 0.3 is 0 Å². The third-order valence-corrected chi connectivity index (χ3v) is 4.63. The zero-order valence-corrected chi connectivity index (χ0v) is 12.3. The first kappa shape index (κ1) is 14.1. The highest BCUT2D eigenvalue weighted by molar-refractivity contribution is 6.42. The van der Waals surface area contributed by atoms with E-state index >= 15 is 0 Å². The SMILES string of the molecule is CCC1(CC)COC(c2ccc(Cl)c(Cl)c2)CN1. The second kappa shape index (κ2) is 5.79. The average molecular weight is 288 g/mol. The van der Waals surface area contributed by atoms with Crippen LogP contribution in [-0.4, -0.2) is 18.7 Å². The Morgan fingerprint density at radius 1 is 1.28 bits per heavy atom. The van der Waals surface area contributed by atoms with Crippen LogP contribution < -0.4 is 5.32 Å². The van der Waals surface area contributed by atoms with Gasteiger partial charge in [-0.3, -0.25) is 0 Å². The van der Waals surface area contributed by atoms with Crippen molar-refractivity contribution < 1.29 is 4.74 Å². The molecule has 0 aromatic heterocycles. The van der Waals surface area contributed by atoms with Gasteiger partial charge in [0.1, 0.15) is 0 Å². The van der Waals surface area contributed by atoms with Crippen LogP contribution in [0.5, 0.6) is 0 Å². The van der Waals surface area contributed by atoms with Gasteiger partial charge in [-0.05, 0) is 30.5 Å². The highest BCUT2D eigenvalue weighted by atomic mass is 35.5. The molecule has 0 spiro atoms. The minimum Gasteiger partial charge on any atom is -0.370 e. The fourth-order valence-corrected chi connectivity index (χ4v) is 2.62. The first-order valence-electron chi connectivity index (χ1n) is 6.42. The third-order valence-electron chi connectivity index (χ3n) is 3.89. The van der Waals surface area contributed by atoms with Gasteiger partial charge < -0.3 is 10.1 Å². The van der Waals surface area contributed by atoms with Crippen LogP contribution in [0.4, 0.5) is 0 Å². The number of hydrogen-bond acceptors (Lipinski definition) is 2. The molecule has 2 rings (SSSR count). The van der Waals surface area contributed by atoms with E-state index in [0.717, 1.165) is 31.6 Å². The Bertz CT molecular complexity index is 408. The minimum atomic E-state index is 0.0611. The van der Waals surface area contributed by atoms with E-state index in [-0.39, 0.29) is 11.6 Å². The molecule has 2 nitrogen and oxygen atoms in total. The van der Waals surface area contributed by atoms with E-state index in [9.17, 15) is 0 Å². The fourth-order valence-electron chi connectivity index (χ4n) is 2.31. The van der Waals surface area contributed by atoms with E-state index < -0.39 is 0 Å². The molecule has 1 heterocycles. The van der Waals surface area contributed by atoms with E-state index in [1.165, 1.54) is 0 Å². The lowest BCUT2D eigenvalue weighted by Crippen LogP contribution is -2.54. The summed E-state index contributed by atoms with van der Waals surface area (Å²) in [5, 5.41) is 4.78. The molecule has 0 radical (unpaired) electrons. The molecule has 4 heteroatoms. The van der Waals surface area contributed by atoms with Crippen LogP contribution in [0.2, 0.25) is 10.0 Å². The van der Waals surface area contributed by atoms with Gasteiger partial charge in [-0.2, -0.15) is 0 Å². The highest BCUT2D eigenvalue weighted by Gasteiger charge is 2.32. The third kappa shape index (κ3) is 2.83. The maximum atomic E-state index is 6.04. The maximum absolute atomic E-state index is 6.04. The average Bonchev–Trinajstić information content (AvgIpc) is 2.42. The summed E-state index contributed by atoms with van der Waals surface area (Å²) < 4.78 is 5.99. The molecule has 0 saturated carbocycles. The summed E-state index contributed by atoms with van der Waals surface area (Å²) in [6.07, 6.45) is 2.22. The van der Waals surface area contributed by atoms with Crippen molar-refractivity contribution in [3.63, 3.8) is 0 Å². The van der Waals surface area contributed by atoms with Gasteiger partial charge in [0.15, 0.2) is 0 Å². The van der Waals surface area contributed by atoms with Crippen LogP contribution in [-0.2, 0) is 4.74 Å². The van der Waals surface area contributed by atoms with Crippen LogP contribution in [0.3, 0.4) is 0 Å². The molecule has 1 atom stereocenters. The van der Waals surface area contributed by atoms with Crippen molar-refractivity contribution in [2.45, 2.75) is 38.3 Å². The Morgan fingerprint density at radius 3 is 2.50 bits per heavy atom. The van der Waals surface area contributed by atoms with Crippen molar-refractivity contribution in [1.82, 2.24) is 5.32 Å². The van der Waals surface area contributed by atoms with Crippen molar-refractivity contribution in [3.8, 4) is 0 Å². The fraction of sp³-hybridized carbons (Fsp3) is 0.571. The lowest BCUT2D eigenvalue weighted by molar-refractivity contribution is -0.0374. The molecule has 1 aliphatic rings. The summed E-state index contributed by atoms with van der Waals surface area (Å²) in [6.45, 7) is 5.95. The van der Waals surface area contributed by atoms with Crippen molar-refractivity contribution in [1.29, 1.82) is 0 Å². The summed E-state index contributed by atoms with van der Waals surface area (Å²) in [5.74, 6) is 0. The number of benzene rings is 1. The molecule has 18 heavy (non-hydrogen) atoms. The van der Waals surface area contributed by atoms with Crippen molar-refractivity contribution in [2.75, 3.05) is 13.2 Å². The second-order valence-electron chi connectivity index (χ2n) is 4.84. The van der Waals surface area contributed by atoms with E-state index in [0.29, 0.717) is 10.0 Å². The first-order valence-corrected chi connectivity index (χ1v) is 7.17. The van der Waals surface area contributed by atoms with E-state index in [1.54, 1.807) is 0 Å². The number of rotatable bonds is 3. The molecule has 1 saturated heterocycles. The number of ether oxygens (including phenoxy) is 1. The van der Waals surface area contributed by atoms with Gasteiger partial charge in [0.2, 0.25) is 0 Å². The molecule has 0 amide bonds. The van der Waals surface area contributed by atoms with E-state index in [1.807, 2.05) is 18.2 Å². The van der Waals surface area contributed by atoms with E-state index in [4.69, 9.17) is 27.9 Å². The van der Waals surface area contributed by atoms with Gasteiger partial charge in [-0.1, -0.05) is 43.1 Å². The molecule has 0 bridgehead atoms. The van der Waals surface area contributed by atoms with Crippen LogP contribution in [0.1, 0.15) is 38.4 Å². The molecule has 1 aliphatic heterocycles. The quantitative estimate of drug-likeness (QED) is 0.899. The van der Waals surface area contributed by atoms with Gasteiger partial charge in [-0.25, -0.2) is 0 Å². The summed E-state index contributed by atoms with van der Waals surface area (Å²) in [6, 6.07) is 5.69. The largest absolute Gasteiger partial charge is 0.370 e. The number of hydrogen-bond donors (Lipinski definition) is 1. The molecule has 1 unspecified atom stereocenters. The lowest BCUT2D eigenvalue weighted by Gasteiger charge is -2.40. The molecule has 1 aromatic rings. The smallest absolute Gasteiger partial charge is 0.0950 e. The van der Waals surface area contributed by atoms with Crippen molar-refractivity contribution in [2.24, 2.45) is 0 Å². The standard InChI is InChI=1S/C14H19Cl2NO/c1-3-14(4-2)9-18-13(8-17-14)10-5-6-11(15)12(16)7-10/h5-7,13,17H,3-4,8-9H2,1-2H3. The van der Waals surface area contributed by atoms with Crippen LogP contribution in [0, 0.1) is 0 Å². The summed E-state index contributed by atoms with van der Waals surface area (Å²) in [7, 11) is 0. The summed E-state index contributed by atoms with van der Waals surface area (Å²) >= 11 is 12.0. The van der Waals surface area contributed by atoms with Gasteiger partial charge in [-0.15, -0.1) is 0 Å². The monoisotopic (exact) mass is 287 g/mol. The summed E-state index contributed by atoms with van der Waals surface area (Å²) in [4.78, 5) is 0. The predicted octanol–water partition coefficient (Wildman–Crippen LogP) is 4.21. The molecule has 100 valence electrons. The zero-order valence-electron chi connectivity index (χ0n) is 10.8. The number of nitrogens with one attached hydrogen (secondary N) is 1. The topological polar surface area (TPSA) is 21.3 Å². The Labute approximate surface area is 119 Å². The van der Waals surface area contributed by atoms with Crippen molar-refractivity contribution >= 4 is 23.2 Å². The Kier molecular flexibility index (Phi) is 4.54. The lowest BCUT2D eigenvalue weighted by atomic mass is 9.91. The number of morpholine rings is 1. The van der Waals surface area contributed by atoms with Crippen molar-refractivity contribution in [3.05, 3.63) is 33.8 Å². The van der Waals surface area contributed by atoms with Gasteiger partial charge in [0, 0.05) is 12.1 Å². The van der Waals surface area contributed by atoms with Gasteiger partial charge in [0.25, 0.3) is 0 Å². The molecule has 1 aromatic carbocycles. The normalized spacial score (nSPS) is 23.0. The maximum Gasteiger partial charge on any atom is 0.0950 e. The predicted molar refractivity (Wildman–Crippen MR) is 76.5 cm³/mol. The minimum absolute atomic E-state index is 0.0611. The zero-order chi connectivity index (χ0) is 13.2. The molecule has 1 N–H and O–H groups in total. The molecular weight excluding hydrogens is 269 g/mol.